The first-order valence-electron chi connectivity index (χ1n) is 6.86. The van der Waals surface area contributed by atoms with Crippen molar-refractivity contribution in [1.29, 1.82) is 0 Å². The van der Waals surface area contributed by atoms with Gasteiger partial charge in [-0.25, -0.2) is 9.59 Å². The second kappa shape index (κ2) is 10.3. The van der Waals surface area contributed by atoms with Crippen LogP contribution < -0.4 is 0 Å². The third kappa shape index (κ3) is 5.72. The maximum Gasteiger partial charge on any atom is 0.375 e. The highest BCUT2D eigenvalue weighted by molar-refractivity contribution is 9.15. The van der Waals surface area contributed by atoms with Crippen LogP contribution in [0.2, 0.25) is 0 Å². The van der Waals surface area contributed by atoms with Crippen molar-refractivity contribution in [3.63, 3.8) is 0 Å². The van der Waals surface area contributed by atoms with Gasteiger partial charge in [0, 0.05) is 17.9 Å². The van der Waals surface area contributed by atoms with E-state index in [2.05, 4.69) is 73.5 Å². The zero-order valence-corrected chi connectivity index (χ0v) is 19.4. The third-order valence-electron chi connectivity index (χ3n) is 2.87. The summed E-state index contributed by atoms with van der Waals surface area (Å²) < 4.78 is 6.39. The molecule has 0 fully saturated rings. The highest BCUT2D eigenvalue weighted by Gasteiger charge is 2.31. The maximum absolute atomic E-state index is 12.5. The molecule has 0 aliphatic heterocycles. The van der Waals surface area contributed by atoms with Crippen molar-refractivity contribution in [1.82, 2.24) is 0 Å². The molecule has 7 nitrogen and oxygen atoms in total. The molecule has 1 aromatic carbocycles. The van der Waals surface area contributed by atoms with Gasteiger partial charge in [-0.15, -0.1) is 0 Å². The van der Waals surface area contributed by atoms with Crippen molar-refractivity contribution in [3.8, 4) is 0 Å². The smallest absolute Gasteiger partial charge is 0.375 e. The average molecular weight is 614 g/mol. The fourth-order valence-electron chi connectivity index (χ4n) is 1.54. The number of ether oxygens (including phenoxy) is 1. The Morgan fingerprint density at radius 3 is 1.88 bits per heavy atom. The van der Waals surface area contributed by atoms with Crippen LogP contribution in [0.25, 0.3) is 0 Å². The molecule has 1 rings (SSSR count). The van der Waals surface area contributed by atoms with Crippen LogP contribution >= 0.6 is 63.7 Å². The van der Waals surface area contributed by atoms with Gasteiger partial charge in [0.05, 0.1) is 23.8 Å². The summed E-state index contributed by atoms with van der Waals surface area (Å²) in [6, 6.07) is 0. The molecular weight excluding hydrogens is 600 g/mol. The first-order chi connectivity index (χ1) is 11.6. The van der Waals surface area contributed by atoms with Gasteiger partial charge >= 0.3 is 11.9 Å². The molecule has 1 aromatic rings. The SMILES string of the molecule is CCOOC(=O)c1c(Br)c(Br)c(Br)c(Br)c1C(=O)OCC(O)C(C)O. The first-order valence-corrected chi connectivity index (χ1v) is 10.0. The van der Waals surface area contributed by atoms with E-state index in [0.29, 0.717) is 8.95 Å². The molecular formula is C14H14Br4O7. The molecule has 0 radical (unpaired) electrons. The standard InChI is InChI=1S/C14H14Br4O7/c1-3-24-25-14(22)8-7(9(15)11(17)12(18)10(8)16)13(21)23-4-6(20)5(2)19/h5-6,19-20H,3-4H2,1-2H3. The number of rotatable bonds is 7. The van der Waals surface area contributed by atoms with Crippen LogP contribution in [0.4, 0.5) is 0 Å². The first kappa shape index (κ1) is 23.0. The normalized spacial score (nSPS) is 13.3. The molecule has 0 spiro atoms. The Morgan fingerprint density at radius 2 is 1.44 bits per heavy atom. The molecule has 0 aliphatic rings. The number of esters is 1. The Kier molecular flexibility index (Phi) is 9.51. The number of aliphatic hydroxyl groups is 2. The van der Waals surface area contributed by atoms with Crippen molar-refractivity contribution in [3.05, 3.63) is 29.0 Å². The Labute approximate surface area is 177 Å². The molecule has 2 atom stereocenters. The number of aliphatic hydroxyl groups excluding tert-OH is 2. The van der Waals surface area contributed by atoms with Crippen LogP contribution in [0, 0.1) is 0 Å². The average Bonchev–Trinajstić information content (AvgIpc) is 2.57. The lowest BCUT2D eigenvalue weighted by molar-refractivity contribution is -0.237. The second-order valence-corrected chi connectivity index (χ2v) is 7.86. The topological polar surface area (TPSA) is 102 Å². The fourth-order valence-corrected chi connectivity index (χ4v) is 3.98. The van der Waals surface area contributed by atoms with Gasteiger partial charge < -0.3 is 14.9 Å². The number of hydrogen-bond acceptors (Lipinski definition) is 7. The van der Waals surface area contributed by atoms with E-state index < -0.39 is 30.8 Å². The molecule has 0 aromatic heterocycles. The maximum atomic E-state index is 12.5. The molecule has 0 amide bonds. The zero-order chi connectivity index (χ0) is 19.3. The summed E-state index contributed by atoms with van der Waals surface area (Å²) in [6.07, 6.45) is -2.34. The zero-order valence-electron chi connectivity index (χ0n) is 13.0. The van der Waals surface area contributed by atoms with Gasteiger partial charge in [0.15, 0.2) is 0 Å². The van der Waals surface area contributed by atoms with Crippen molar-refractivity contribution >= 4 is 75.7 Å². The number of carbonyl (C=O) groups excluding carboxylic acids is 2. The van der Waals surface area contributed by atoms with Crippen molar-refractivity contribution < 1.29 is 34.3 Å². The van der Waals surface area contributed by atoms with Gasteiger partial charge in [-0.05, 0) is 77.6 Å². The molecule has 140 valence electrons. The molecule has 0 saturated carbocycles. The monoisotopic (exact) mass is 610 g/mol. The summed E-state index contributed by atoms with van der Waals surface area (Å²) in [4.78, 5) is 34.0. The lowest BCUT2D eigenvalue weighted by atomic mass is 10.1. The largest absolute Gasteiger partial charge is 0.459 e. The van der Waals surface area contributed by atoms with Crippen LogP contribution in [-0.4, -0.2) is 47.6 Å². The summed E-state index contributed by atoms with van der Waals surface area (Å²) >= 11 is 13.0. The Morgan fingerprint density at radius 1 is 0.960 bits per heavy atom. The van der Waals surface area contributed by atoms with Gasteiger partial charge in [0.25, 0.3) is 0 Å². The van der Waals surface area contributed by atoms with Crippen LogP contribution in [0.5, 0.6) is 0 Å². The van der Waals surface area contributed by atoms with Crippen LogP contribution in [0.15, 0.2) is 17.9 Å². The molecule has 2 N–H and O–H groups in total. The lowest BCUT2D eigenvalue weighted by Crippen LogP contribution is -2.29. The Hall–Kier alpha value is -0.0400. The predicted octanol–water partition coefficient (Wildman–Crippen LogP) is 3.74. The van der Waals surface area contributed by atoms with E-state index in [4.69, 9.17) is 4.74 Å². The predicted molar refractivity (Wildman–Crippen MR) is 102 cm³/mol. The lowest BCUT2D eigenvalue weighted by Gasteiger charge is -2.17. The van der Waals surface area contributed by atoms with Crippen LogP contribution in [0.3, 0.4) is 0 Å². The van der Waals surface area contributed by atoms with E-state index in [-0.39, 0.29) is 26.7 Å². The number of benzene rings is 1. The van der Waals surface area contributed by atoms with E-state index in [1.54, 1.807) is 6.92 Å². The van der Waals surface area contributed by atoms with Crippen molar-refractivity contribution in [2.45, 2.75) is 26.1 Å². The highest BCUT2D eigenvalue weighted by Crippen LogP contribution is 2.42. The van der Waals surface area contributed by atoms with Gasteiger partial charge in [-0.1, -0.05) is 0 Å². The van der Waals surface area contributed by atoms with E-state index >= 15 is 0 Å². The van der Waals surface area contributed by atoms with E-state index in [0.717, 1.165) is 0 Å². The number of halogens is 4. The Bertz CT molecular complexity index is 663. The van der Waals surface area contributed by atoms with Gasteiger partial charge in [-0.2, -0.15) is 4.89 Å². The molecule has 25 heavy (non-hydrogen) atoms. The molecule has 0 heterocycles. The Balaban J connectivity index is 3.31. The van der Waals surface area contributed by atoms with Crippen molar-refractivity contribution in [2.75, 3.05) is 13.2 Å². The summed E-state index contributed by atoms with van der Waals surface area (Å²) in [7, 11) is 0. The van der Waals surface area contributed by atoms with Gasteiger partial charge in [-0.3, -0.25) is 4.89 Å². The van der Waals surface area contributed by atoms with Gasteiger partial charge in [0.2, 0.25) is 0 Å². The molecule has 11 heteroatoms. The van der Waals surface area contributed by atoms with E-state index in [1.807, 2.05) is 0 Å². The van der Waals surface area contributed by atoms with Crippen LogP contribution in [-0.2, 0) is 14.5 Å². The molecule has 0 saturated heterocycles. The molecule has 0 aliphatic carbocycles. The summed E-state index contributed by atoms with van der Waals surface area (Å²) in [6.45, 7) is 2.66. The summed E-state index contributed by atoms with van der Waals surface area (Å²) in [5.41, 5.74) is -0.267. The minimum Gasteiger partial charge on any atom is -0.459 e. The van der Waals surface area contributed by atoms with E-state index in [1.165, 1.54) is 6.92 Å². The summed E-state index contributed by atoms with van der Waals surface area (Å²) in [5.74, 6) is -1.81. The number of carbonyl (C=O) groups is 2. The fraction of sp³-hybridized carbons (Fsp3) is 0.429. The third-order valence-corrected chi connectivity index (χ3v) is 7.64. The quantitative estimate of drug-likeness (QED) is 0.159. The van der Waals surface area contributed by atoms with Crippen molar-refractivity contribution in [2.24, 2.45) is 0 Å². The second-order valence-electron chi connectivity index (χ2n) is 4.69. The molecule has 0 bridgehead atoms. The van der Waals surface area contributed by atoms with Gasteiger partial charge in [0.1, 0.15) is 12.7 Å². The summed E-state index contributed by atoms with van der Waals surface area (Å²) in [5, 5.41) is 18.8. The van der Waals surface area contributed by atoms with E-state index in [9.17, 15) is 19.8 Å². The highest BCUT2D eigenvalue weighted by atomic mass is 79.9. The molecule has 2 unspecified atom stereocenters. The minimum atomic E-state index is -1.26. The number of hydrogen-bond donors (Lipinski definition) is 2. The minimum absolute atomic E-state index is 0.128. The van der Waals surface area contributed by atoms with Crippen LogP contribution in [0.1, 0.15) is 34.6 Å².